The van der Waals surface area contributed by atoms with E-state index in [0.29, 0.717) is 6.42 Å². The molecule has 0 saturated carbocycles. The van der Waals surface area contributed by atoms with Gasteiger partial charge in [-0.05, 0) is 18.2 Å². The van der Waals surface area contributed by atoms with Gasteiger partial charge in [-0.3, -0.25) is 0 Å². The molecule has 6 nitrogen and oxygen atoms in total. The molecule has 0 aliphatic heterocycles. The number of imidazole rings is 1. The lowest BCUT2D eigenvalue weighted by molar-refractivity contribution is 0.309. The van der Waals surface area contributed by atoms with Gasteiger partial charge < -0.3 is 9.30 Å². The molecule has 1 aromatic carbocycles. The second-order valence-corrected chi connectivity index (χ2v) is 6.16. The van der Waals surface area contributed by atoms with Crippen LogP contribution in [0.5, 0.6) is 5.75 Å². The first-order chi connectivity index (χ1) is 9.38. The summed E-state index contributed by atoms with van der Waals surface area (Å²) in [5.41, 5.74) is 0. The number of ether oxygens (including phenoxy) is 1. The Balaban J connectivity index is 2.12. The predicted octanol–water partition coefficient (Wildman–Crippen LogP) is 1.34. The van der Waals surface area contributed by atoms with Gasteiger partial charge in [0.15, 0.2) is 0 Å². The van der Waals surface area contributed by atoms with E-state index >= 15 is 0 Å². The summed E-state index contributed by atoms with van der Waals surface area (Å²) in [5.74, 6) is 1.03. The number of nitrogens with two attached hydrogens (primary N) is 1. The fourth-order valence-corrected chi connectivity index (χ4v) is 2.65. The minimum atomic E-state index is -3.88. The van der Waals surface area contributed by atoms with Gasteiger partial charge in [-0.2, -0.15) is 0 Å². The fourth-order valence-electron chi connectivity index (χ4n) is 1.71. The largest absolute Gasteiger partial charge is 0.492 e. The molecule has 0 bridgehead atoms. The van der Waals surface area contributed by atoms with Gasteiger partial charge in [0.2, 0.25) is 10.0 Å². The predicted molar refractivity (Wildman–Crippen MR) is 75.2 cm³/mol. The summed E-state index contributed by atoms with van der Waals surface area (Å²) in [6.07, 6.45) is 4.07. The quantitative estimate of drug-likeness (QED) is 0.902. The molecule has 0 aliphatic carbocycles. The smallest absolute Gasteiger partial charge is 0.241 e. The van der Waals surface area contributed by atoms with Crippen molar-refractivity contribution in [3.05, 3.63) is 41.4 Å². The molecule has 20 heavy (non-hydrogen) atoms. The lowest BCUT2D eigenvalue weighted by Crippen LogP contribution is -2.15. The molecule has 0 aliphatic rings. The molecule has 0 radical (unpaired) electrons. The van der Waals surface area contributed by atoms with E-state index in [1.54, 1.807) is 12.3 Å². The Hall–Kier alpha value is -1.57. The summed E-state index contributed by atoms with van der Waals surface area (Å²) in [6.45, 7) is 0.287. The number of hydrogen-bond acceptors (Lipinski definition) is 4. The van der Waals surface area contributed by atoms with E-state index in [1.165, 1.54) is 12.1 Å². The van der Waals surface area contributed by atoms with Crippen molar-refractivity contribution in [1.29, 1.82) is 0 Å². The van der Waals surface area contributed by atoms with Crippen molar-refractivity contribution in [2.75, 3.05) is 6.61 Å². The molecule has 0 amide bonds. The number of nitrogens with zero attached hydrogens (tertiary/aromatic N) is 2. The zero-order valence-electron chi connectivity index (χ0n) is 10.8. The number of aromatic nitrogens is 2. The molecule has 2 rings (SSSR count). The first kappa shape index (κ1) is 14.8. The van der Waals surface area contributed by atoms with Crippen LogP contribution in [0.4, 0.5) is 0 Å². The molecule has 108 valence electrons. The summed E-state index contributed by atoms with van der Waals surface area (Å²) in [6, 6.07) is 4.31. The Morgan fingerprint density at radius 2 is 2.20 bits per heavy atom. The van der Waals surface area contributed by atoms with Crippen LogP contribution in [-0.2, 0) is 23.5 Å². The normalized spacial score (nSPS) is 11.6. The molecule has 0 saturated heterocycles. The Morgan fingerprint density at radius 1 is 1.45 bits per heavy atom. The molecule has 0 atom stereocenters. The van der Waals surface area contributed by atoms with Crippen molar-refractivity contribution in [3.63, 3.8) is 0 Å². The summed E-state index contributed by atoms with van der Waals surface area (Å²) < 4.78 is 30.3. The lowest BCUT2D eigenvalue weighted by Gasteiger charge is -2.10. The highest BCUT2D eigenvalue weighted by molar-refractivity contribution is 7.89. The van der Waals surface area contributed by atoms with Crippen LogP contribution in [0.25, 0.3) is 0 Å². The number of rotatable bonds is 5. The maximum atomic E-state index is 11.5. The van der Waals surface area contributed by atoms with Gasteiger partial charge >= 0.3 is 0 Å². The molecule has 1 aromatic heterocycles. The van der Waals surface area contributed by atoms with Gasteiger partial charge in [-0.25, -0.2) is 18.5 Å². The number of halogens is 1. The topological polar surface area (TPSA) is 87.2 Å². The average molecular weight is 316 g/mol. The second kappa shape index (κ2) is 5.82. The first-order valence-corrected chi connectivity index (χ1v) is 7.71. The van der Waals surface area contributed by atoms with E-state index in [9.17, 15) is 8.42 Å². The van der Waals surface area contributed by atoms with Crippen molar-refractivity contribution in [3.8, 4) is 5.75 Å². The van der Waals surface area contributed by atoms with Crippen LogP contribution in [0, 0.1) is 0 Å². The average Bonchev–Trinajstić information content (AvgIpc) is 2.76. The number of sulfonamides is 1. The van der Waals surface area contributed by atoms with E-state index in [0.717, 1.165) is 5.82 Å². The highest BCUT2D eigenvalue weighted by atomic mass is 35.5. The molecule has 0 unspecified atom stereocenters. The molecule has 2 N–H and O–H groups in total. The summed E-state index contributed by atoms with van der Waals surface area (Å²) in [4.78, 5) is 4.03. The third-order valence-electron chi connectivity index (χ3n) is 2.72. The van der Waals surface area contributed by atoms with Crippen molar-refractivity contribution >= 4 is 21.6 Å². The first-order valence-electron chi connectivity index (χ1n) is 5.79. The third kappa shape index (κ3) is 3.50. The van der Waals surface area contributed by atoms with Crippen LogP contribution in [0.15, 0.2) is 35.5 Å². The number of hydrogen-bond donors (Lipinski definition) is 1. The molecule has 8 heteroatoms. The van der Waals surface area contributed by atoms with Crippen LogP contribution in [-0.4, -0.2) is 24.6 Å². The molecule has 0 spiro atoms. The van der Waals surface area contributed by atoms with Crippen molar-refractivity contribution in [2.24, 2.45) is 12.2 Å². The molecular weight excluding hydrogens is 302 g/mol. The Labute approximate surface area is 122 Å². The van der Waals surface area contributed by atoms with Crippen LogP contribution in [0.3, 0.4) is 0 Å². The van der Waals surface area contributed by atoms with Crippen molar-refractivity contribution in [1.82, 2.24) is 9.55 Å². The van der Waals surface area contributed by atoms with E-state index < -0.39 is 10.0 Å². The minimum Gasteiger partial charge on any atom is -0.492 e. The lowest BCUT2D eigenvalue weighted by atomic mass is 10.3. The van der Waals surface area contributed by atoms with Crippen LogP contribution < -0.4 is 9.88 Å². The maximum Gasteiger partial charge on any atom is 0.241 e. The third-order valence-corrected chi connectivity index (χ3v) is 3.88. The van der Waals surface area contributed by atoms with Gasteiger partial charge in [0.1, 0.15) is 16.5 Å². The Kier molecular flexibility index (Phi) is 4.32. The minimum absolute atomic E-state index is 0.121. The van der Waals surface area contributed by atoms with E-state index in [4.69, 9.17) is 21.5 Å². The van der Waals surface area contributed by atoms with Gasteiger partial charge in [0.25, 0.3) is 0 Å². The van der Waals surface area contributed by atoms with E-state index in [2.05, 4.69) is 4.98 Å². The summed E-state index contributed by atoms with van der Waals surface area (Å²) in [5, 5.41) is 5.42. The Morgan fingerprint density at radius 3 is 2.80 bits per heavy atom. The van der Waals surface area contributed by atoms with Crippen LogP contribution in [0.1, 0.15) is 5.82 Å². The standard InChI is InChI=1S/C12H14ClN3O3S/c1-16-6-5-15-12(16)4-7-19-10-3-2-9(13)8-11(10)20(14,17)18/h2-3,5-6,8H,4,7H2,1H3,(H2,14,17,18). The monoisotopic (exact) mass is 315 g/mol. The molecule has 2 aromatic rings. The van der Waals surface area contributed by atoms with Gasteiger partial charge in [-0.15, -0.1) is 0 Å². The number of primary sulfonamides is 1. The van der Waals surface area contributed by atoms with E-state index in [1.807, 2.05) is 17.8 Å². The number of benzene rings is 1. The SMILES string of the molecule is Cn1ccnc1CCOc1ccc(Cl)cc1S(N)(=O)=O. The van der Waals surface area contributed by atoms with Crippen LogP contribution in [0.2, 0.25) is 5.02 Å². The summed E-state index contributed by atoms with van der Waals surface area (Å²) >= 11 is 5.77. The van der Waals surface area contributed by atoms with Gasteiger partial charge in [0.05, 0.1) is 6.61 Å². The van der Waals surface area contributed by atoms with Crippen molar-refractivity contribution < 1.29 is 13.2 Å². The highest BCUT2D eigenvalue weighted by Gasteiger charge is 2.16. The molecule has 0 fully saturated rings. The van der Waals surface area contributed by atoms with E-state index in [-0.39, 0.29) is 22.3 Å². The van der Waals surface area contributed by atoms with Crippen molar-refractivity contribution in [2.45, 2.75) is 11.3 Å². The zero-order valence-corrected chi connectivity index (χ0v) is 12.4. The second-order valence-electron chi connectivity index (χ2n) is 4.19. The zero-order chi connectivity index (χ0) is 14.8. The maximum absolute atomic E-state index is 11.5. The van der Waals surface area contributed by atoms with Gasteiger partial charge in [-0.1, -0.05) is 11.6 Å². The number of aryl methyl sites for hydroxylation is 1. The van der Waals surface area contributed by atoms with Crippen LogP contribution >= 0.6 is 11.6 Å². The molecule has 1 heterocycles. The fraction of sp³-hybridized carbons (Fsp3) is 0.250. The Bertz CT molecular complexity index is 712. The summed E-state index contributed by atoms with van der Waals surface area (Å²) in [7, 11) is -2.00. The van der Waals surface area contributed by atoms with Gasteiger partial charge in [0, 0.05) is 30.9 Å². The highest BCUT2D eigenvalue weighted by Crippen LogP contribution is 2.26. The molecular formula is C12H14ClN3O3S.